The Labute approximate surface area is 435 Å². The highest BCUT2D eigenvalue weighted by Crippen LogP contribution is 2.12. The number of carbonyl (C=O) groups excluding carboxylic acids is 3. The van der Waals surface area contributed by atoms with E-state index in [1.807, 2.05) is 48.6 Å². The summed E-state index contributed by atoms with van der Waals surface area (Å²) in [6, 6.07) is 0. The summed E-state index contributed by atoms with van der Waals surface area (Å²) in [7, 11) is 0. The van der Waals surface area contributed by atoms with E-state index in [-0.39, 0.29) is 44.0 Å². The summed E-state index contributed by atoms with van der Waals surface area (Å²) in [5, 5.41) is 0. The Balaban J connectivity index is 4.64. The molecule has 0 spiro atoms. The van der Waals surface area contributed by atoms with Crippen LogP contribution < -0.4 is 0 Å². The molecule has 6 nitrogen and oxygen atoms in total. The highest BCUT2D eigenvalue weighted by atomic mass is 16.6. The molecule has 0 aromatic rings. The minimum Gasteiger partial charge on any atom is -0.462 e. The maximum Gasteiger partial charge on any atom is 0.306 e. The molecule has 0 radical (unpaired) electrons. The third-order valence-electron chi connectivity index (χ3n) is 11.1. The maximum atomic E-state index is 12.8. The molecular formula is C65H100O6. The van der Waals surface area contributed by atoms with E-state index in [9.17, 15) is 14.4 Å². The number of allylic oxidation sites excluding steroid dienone is 26. The molecule has 0 aliphatic rings. The number of carbonyl (C=O) groups is 3. The minimum absolute atomic E-state index is 0.133. The van der Waals surface area contributed by atoms with Gasteiger partial charge < -0.3 is 14.2 Å². The average molecular weight is 978 g/mol. The molecule has 0 bridgehead atoms. The Hall–Kier alpha value is -4.97. The lowest BCUT2D eigenvalue weighted by molar-refractivity contribution is -0.166. The second kappa shape index (κ2) is 57.6. The summed E-state index contributed by atoms with van der Waals surface area (Å²) in [6.45, 7) is 6.30. The number of hydrogen-bond acceptors (Lipinski definition) is 6. The van der Waals surface area contributed by atoms with Crippen molar-refractivity contribution >= 4 is 17.9 Å². The molecule has 71 heavy (non-hydrogen) atoms. The van der Waals surface area contributed by atoms with E-state index in [1.54, 1.807) is 0 Å². The van der Waals surface area contributed by atoms with Gasteiger partial charge in [-0.05, 0) is 103 Å². The molecule has 6 heteroatoms. The van der Waals surface area contributed by atoms with Crippen LogP contribution in [0.1, 0.15) is 213 Å². The SMILES string of the molecule is CC/C=C\C/C=C\C/C=C\C/C=C\C/C=C\C/C=C\CCC(=O)OCC(COC(=O)CCCCC/C=C\C=C/CCCCCCCCC)OC(=O)CCCCCCC\C=C/C=C\C=C/C=C\C=C/CCC. The van der Waals surface area contributed by atoms with Crippen LogP contribution in [0.2, 0.25) is 0 Å². The topological polar surface area (TPSA) is 78.9 Å². The van der Waals surface area contributed by atoms with E-state index in [0.717, 1.165) is 116 Å². The van der Waals surface area contributed by atoms with Gasteiger partial charge in [0.1, 0.15) is 13.2 Å². The van der Waals surface area contributed by atoms with Crippen LogP contribution in [0.5, 0.6) is 0 Å². The van der Waals surface area contributed by atoms with Crippen molar-refractivity contribution in [3.8, 4) is 0 Å². The predicted octanol–water partition coefficient (Wildman–Crippen LogP) is 19.0. The standard InChI is InChI=1S/C65H100O6/c1-4-7-10-13-16-19-22-25-28-31-33-35-37-40-43-46-49-52-55-58-64(67)70-61-62(60-69-63(66)57-54-51-48-45-42-39-36-30-27-24-21-18-15-12-9-6-3)71-65(68)59-56-53-50-47-44-41-38-34-32-29-26-23-20-17-14-11-8-5-2/h7,10-11,14,16-17,19-20,23,25-26,28-30,32-36,38-40,42-43,49,52,62H,4-6,8-9,12-13,15,18,21-22,24,27,31,37,41,44-48,50-51,53-61H2,1-3H3/b10-7-,14-11-,19-16-,20-17-,26-23-,28-25-,32-29-,35-33-,36-30-,38-34-,42-39-,43-40-,52-49-. The smallest absolute Gasteiger partial charge is 0.306 e. The summed E-state index contributed by atoms with van der Waals surface area (Å²) >= 11 is 0. The van der Waals surface area contributed by atoms with E-state index in [4.69, 9.17) is 14.2 Å². The van der Waals surface area contributed by atoms with Crippen molar-refractivity contribution in [2.75, 3.05) is 13.2 Å². The first-order valence-electron chi connectivity index (χ1n) is 28.1. The monoisotopic (exact) mass is 977 g/mol. The molecule has 396 valence electrons. The fourth-order valence-electron chi connectivity index (χ4n) is 6.96. The van der Waals surface area contributed by atoms with Crippen molar-refractivity contribution in [2.45, 2.75) is 219 Å². The third kappa shape index (κ3) is 55.8. The van der Waals surface area contributed by atoms with Crippen LogP contribution in [0.4, 0.5) is 0 Å². The van der Waals surface area contributed by atoms with Gasteiger partial charge in [-0.2, -0.15) is 0 Å². The molecule has 1 atom stereocenters. The van der Waals surface area contributed by atoms with Gasteiger partial charge in [0.15, 0.2) is 6.10 Å². The van der Waals surface area contributed by atoms with Gasteiger partial charge in [0.25, 0.3) is 0 Å². The first-order chi connectivity index (χ1) is 35.0. The van der Waals surface area contributed by atoms with E-state index in [2.05, 4.69) is 130 Å². The quantitative estimate of drug-likeness (QED) is 0.0199. The van der Waals surface area contributed by atoms with Crippen LogP contribution in [0, 0.1) is 0 Å². The van der Waals surface area contributed by atoms with Gasteiger partial charge >= 0.3 is 17.9 Å². The Morgan fingerprint density at radius 2 is 0.662 bits per heavy atom. The normalized spacial score (nSPS) is 13.3. The number of rotatable bonds is 48. The molecule has 0 amide bonds. The number of ether oxygens (including phenoxy) is 3. The second-order valence-electron chi connectivity index (χ2n) is 17.9. The molecule has 0 saturated heterocycles. The van der Waals surface area contributed by atoms with E-state index >= 15 is 0 Å². The molecule has 0 heterocycles. The lowest BCUT2D eigenvalue weighted by Crippen LogP contribution is -2.30. The fraction of sp³-hybridized carbons (Fsp3) is 0.554. The molecule has 0 rings (SSSR count). The van der Waals surface area contributed by atoms with Gasteiger partial charge in [0.05, 0.1) is 0 Å². The lowest BCUT2D eigenvalue weighted by Gasteiger charge is -2.18. The van der Waals surface area contributed by atoms with E-state index < -0.39 is 6.10 Å². The van der Waals surface area contributed by atoms with Crippen LogP contribution in [0.15, 0.2) is 158 Å². The summed E-state index contributed by atoms with van der Waals surface area (Å²) in [4.78, 5) is 38.1. The van der Waals surface area contributed by atoms with Gasteiger partial charge in [0.2, 0.25) is 0 Å². The fourth-order valence-corrected chi connectivity index (χ4v) is 6.96. The zero-order chi connectivity index (χ0) is 51.4. The van der Waals surface area contributed by atoms with Crippen LogP contribution in [0.25, 0.3) is 0 Å². The second-order valence-corrected chi connectivity index (χ2v) is 17.9. The highest BCUT2D eigenvalue weighted by Gasteiger charge is 2.19. The zero-order valence-electron chi connectivity index (χ0n) is 45.2. The predicted molar refractivity (Wildman–Crippen MR) is 306 cm³/mol. The summed E-state index contributed by atoms with van der Waals surface area (Å²) in [5.41, 5.74) is 0. The molecule has 0 aromatic heterocycles. The van der Waals surface area contributed by atoms with Crippen LogP contribution in [0.3, 0.4) is 0 Å². The highest BCUT2D eigenvalue weighted by molar-refractivity contribution is 5.71. The van der Waals surface area contributed by atoms with Gasteiger partial charge in [0, 0.05) is 19.3 Å². The molecule has 0 fully saturated rings. The first-order valence-corrected chi connectivity index (χ1v) is 28.1. The van der Waals surface area contributed by atoms with Crippen molar-refractivity contribution in [1.82, 2.24) is 0 Å². The van der Waals surface area contributed by atoms with E-state index in [0.29, 0.717) is 12.8 Å². The Kier molecular flexibility index (Phi) is 53.6. The molecule has 0 aliphatic heterocycles. The molecule has 0 aromatic carbocycles. The van der Waals surface area contributed by atoms with Crippen LogP contribution in [-0.4, -0.2) is 37.2 Å². The van der Waals surface area contributed by atoms with Crippen molar-refractivity contribution in [3.05, 3.63) is 158 Å². The molecular weight excluding hydrogens is 877 g/mol. The molecule has 0 saturated carbocycles. The van der Waals surface area contributed by atoms with Crippen molar-refractivity contribution in [3.63, 3.8) is 0 Å². The third-order valence-corrected chi connectivity index (χ3v) is 11.1. The van der Waals surface area contributed by atoms with Crippen molar-refractivity contribution < 1.29 is 28.6 Å². The summed E-state index contributed by atoms with van der Waals surface area (Å²) in [6.07, 6.45) is 83.8. The summed E-state index contributed by atoms with van der Waals surface area (Å²) < 4.78 is 16.7. The minimum atomic E-state index is -0.842. The van der Waals surface area contributed by atoms with Crippen molar-refractivity contribution in [1.29, 1.82) is 0 Å². The Morgan fingerprint density at radius 3 is 1.13 bits per heavy atom. The maximum absolute atomic E-state index is 12.8. The molecule has 0 aliphatic carbocycles. The van der Waals surface area contributed by atoms with E-state index in [1.165, 1.54) is 51.4 Å². The van der Waals surface area contributed by atoms with Gasteiger partial charge in [-0.3, -0.25) is 14.4 Å². The Morgan fingerprint density at radius 1 is 0.310 bits per heavy atom. The van der Waals surface area contributed by atoms with Crippen LogP contribution >= 0.6 is 0 Å². The first kappa shape index (κ1) is 66.0. The largest absolute Gasteiger partial charge is 0.462 e. The number of esters is 3. The zero-order valence-corrected chi connectivity index (χ0v) is 45.2. The Bertz CT molecular complexity index is 1640. The van der Waals surface area contributed by atoms with Gasteiger partial charge in [-0.1, -0.05) is 249 Å². The van der Waals surface area contributed by atoms with Gasteiger partial charge in [-0.25, -0.2) is 0 Å². The molecule has 1 unspecified atom stereocenters. The molecule has 0 N–H and O–H groups in total. The number of unbranched alkanes of at least 4 members (excludes halogenated alkanes) is 16. The summed E-state index contributed by atoms with van der Waals surface area (Å²) in [5.74, 6) is -1.08. The van der Waals surface area contributed by atoms with Crippen molar-refractivity contribution in [2.24, 2.45) is 0 Å². The van der Waals surface area contributed by atoms with Gasteiger partial charge in [-0.15, -0.1) is 0 Å². The number of hydrogen-bond donors (Lipinski definition) is 0. The average Bonchev–Trinajstić information content (AvgIpc) is 3.37. The van der Waals surface area contributed by atoms with Crippen LogP contribution in [-0.2, 0) is 28.6 Å². The lowest BCUT2D eigenvalue weighted by atomic mass is 10.1.